The van der Waals surface area contributed by atoms with Crippen LogP contribution in [0.1, 0.15) is 19.4 Å². The largest absolute Gasteiger partial charge is 0.493 e. The van der Waals surface area contributed by atoms with E-state index >= 15 is 0 Å². The lowest BCUT2D eigenvalue weighted by molar-refractivity contribution is -0.132. The fourth-order valence-electron chi connectivity index (χ4n) is 3.44. The molecule has 4 aromatic rings. The van der Waals surface area contributed by atoms with Gasteiger partial charge in [0.15, 0.2) is 28.8 Å². The maximum absolute atomic E-state index is 13.0. The Morgan fingerprint density at radius 2 is 1.74 bits per heavy atom. The first-order chi connectivity index (χ1) is 16.9. The third-order valence-corrected chi connectivity index (χ3v) is 5.88. The van der Waals surface area contributed by atoms with E-state index in [-0.39, 0.29) is 5.56 Å². The van der Waals surface area contributed by atoms with E-state index in [1.807, 2.05) is 6.92 Å². The Kier molecular flexibility index (Phi) is 6.87. The number of fused-ring (bicyclic) bond motifs is 1. The first-order valence-electron chi connectivity index (χ1n) is 10.5. The van der Waals surface area contributed by atoms with Gasteiger partial charge in [0.05, 0.1) is 32.5 Å². The van der Waals surface area contributed by atoms with Crippen molar-refractivity contribution in [2.75, 3.05) is 27.9 Å². The van der Waals surface area contributed by atoms with Gasteiger partial charge in [0.25, 0.3) is 5.56 Å². The summed E-state index contributed by atoms with van der Waals surface area (Å²) < 4.78 is 28.6. The zero-order valence-corrected chi connectivity index (χ0v) is 20.6. The van der Waals surface area contributed by atoms with Gasteiger partial charge >= 0.3 is 5.97 Å². The first kappa shape index (κ1) is 24.0. The van der Waals surface area contributed by atoms with Crippen molar-refractivity contribution in [3.05, 3.63) is 50.8 Å². The predicted molar refractivity (Wildman–Crippen MR) is 130 cm³/mol. The smallest absolute Gasteiger partial charge is 0.308 e. The summed E-state index contributed by atoms with van der Waals surface area (Å²) in [5.74, 6) is 2.00. The fourth-order valence-corrected chi connectivity index (χ4v) is 4.35. The Labute approximate surface area is 204 Å². The summed E-state index contributed by atoms with van der Waals surface area (Å²) in [7, 11) is 4.57. The molecule has 0 atom stereocenters. The SMILES string of the molecule is CCOc1cc(/C=c2\sc3nc(-c4cc(OC)c(OC)c(OC)c4)nn3c2=O)ccc1OC(C)=O. The quantitative estimate of drug-likeness (QED) is 0.268. The van der Waals surface area contributed by atoms with Crippen molar-refractivity contribution in [1.82, 2.24) is 14.6 Å². The van der Waals surface area contributed by atoms with Gasteiger partial charge in [0, 0.05) is 12.5 Å². The van der Waals surface area contributed by atoms with Gasteiger partial charge in [-0.3, -0.25) is 9.59 Å². The van der Waals surface area contributed by atoms with Crippen molar-refractivity contribution in [1.29, 1.82) is 0 Å². The van der Waals surface area contributed by atoms with Crippen molar-refractivity contribution in [2.45, 2.75) is 13.8 Å². The highest BCUT2D eigenvalue weighted by Crippen LogP contribution is 2.40. The number of hydrogen-bond acceptors (Lipinski definition) is 10. The third kappa shape index (κ3) is 4.76. The van der Waals surface area contributed by atoms with Crippen molar-refractivity contribution in [3.63, 3.8) is 0 Å². The van der Waals surface area contributed by atoms with Gasteiger partial charge in [-0.05, 0) is 42.8 Å². The molecule has 0 N–H and O–H groups in total. The number of benzene rings is 2. The monoisotopic (exact) mass is 497 g/mol. The van der Waals surface area contributed by atoms with E-state index in [1.54, 1.807) is 36.4 Å². The zero-order valence-electron chi connectivity index (χ0n) is 19.8. The van der Waals surface area contributed by atoms with Crippen LogP contribution in [0, 0.1) is 0 Å². The van der Waals surface area contributed by atoms with Crippen molar-refractivity contribution in [3.8, 4) is 40.1 Å². The Morgan fingerprint density at radius 3 is 2.31 bits per heavy atom. The highest BCUT2D eigenvalue weighted by atomic mass is 32.1. The van der Waals surface area contributed by atoms with E-state index in [0.717, 1.165) is 0 Å². The number of hydrogen-bond donors (Lipinski definition) is 0. The maximum Gasteiger partial charge on any atom is 0.308 e. The van der Waals surface area contributed by atoms with Gasteiger partial charge < -0.3 is 23.7 Å². The molecule has 4 rings (SSSR count). The summed E-state index contributed by atoms with van der Waals surface area (Å²) in [6, 6.07) is 8.51. The summed E-state index contributed by atoms with van der Waals surface area (Å²) in [5, 5.41) is 4.39. The summed E-state index contributed by atoms with van der Waals surface area (Å²) in [6.07, 6.45) is 1.71. The lowest BCUT2D eigenvalue weighted by atomic mass is 10.1. The number of aromatic nitrogens is 3. The summed E-state index contributed by atoms with van der Waals surface area (Å²) >= 11 is 1.20. The first-order valence-corrected chi connectivity index (χ1v) is 11.4. The lowest BCUT2D eigenvalue weighted by Gasteiger charge is -2.12. The third-order valence-electron chi connectivity index (χ3n) is 4.92. The Morgan fingerprint density at radius 1 is 1.03 bits per heavy atom. The lowest BCUT2D eigenvalue weighted by Crippen LogP contribution is -2.23. The highest BCUT2D eigenvalue weighted by molar-refractivity contribution is 7.15. The van der Waals surface area contributed by atoms with E-state index in [9.17, 15) is 9.59 Å². The molecular formula is C24H23N3O7S. The highest BCUT2D eigenvalue weighted by Gasteiger charge is 2.18. The van der Waals surface area contributed by atoms with Crippen LogP contribution in [-0.4, -0.2) is 48.5 Å². The molecule has 2 aromatic heterocycles. The van der Waals surface area contributed by atoms with Gasteiger partial charge in [0.2, 0.25) is 10.7 Å². The maximum atomic E-state index is 13.0. The van der Waals surface area contributed by atoms with E-state index < -0.39 is 5.97 Å². The standard InChI is InChI=1S/C24H23N3O7S/c1-6-33-17-9-14(7-8-16(17)34-13(2)28)10-20-23(29)27-24(35-20)25-22(26-27)15-11-18(30-3)21(32-5)19(12-15)31-4/h7-12H,6H2,1-5H3/b20-10-. The molecule has 0 spiro atoms. The fraction of sp³-hybridized carbons (Fsp3) is 0.250. The molecule has 0 fully saturated rings. The minimum Gasteiger partial charge on any atom is -0.493 e. The van der Waals surface area contributed by atoms with E-state index in [2.05, 4.69) is 10.1 Å². The average Bonchev–Trinajstić information content (AvgIpc) is 3.38. The molecule has 0 bridgehead atoms. The van der Waals surface area contributed by atoms with Gasteiger partial charge in [-0.25, -0.2) is 0 Å². The summed E-state index contributed by atoms with van der Waals surface area (Å²) in [6.45, 7) is 3.54. The number of nitrogens with zero attached hydrogens (tertiary/aromatic N) is 3. The van der Waals surface area contributed by atoms with E-state index in [1.165, 1.54) is 44.1 Å². The van der Waals surface area contributed by atoms with Crippen molar-refractivity contribution >= 4 is 28.3 Å². The summed E-state index contributed by atoms with van der Waals surface area (Å²) in [5.41, 5.74) is 1.01. The van der Waals surface area contributed by atoms with Crippen LogP contribution in [-0.2, 0) is 4.79 Å². The molecule has 0 unspecified atom stereocenters. The van der Waals surface area contributed by atoms with Crippen LogP contribution in [0.5, 0.6) is 28.7 Å². The molecule has 35 heavy (non-hydrogen) atoms. The average molecular weight is 498 g/mol. The Hall–Kier alpha value is -4.12. The number of methoxy groups -OCH3 is 3. The normalized spacial score (nSPS) is 11.5. The van der Waals surface area contributed by atoms with Gasteiger partial charge in [-0.15, -0.1) is 5.10 Å². The Bertz CT molecular complexity index is 1480. The molecule has 0 saturated carbocycles. The molecule has 0 radical (unpaired) electrons. The van der Waals surface area contributed by atoms with Gasteiger partial charge in [-0.1, -0.05) is 17.4 Å². The van der Waals surface area contributed by atoms with Crippen LogP contribution >= 0.6 is 11.3 Å². The van der Waals surface area contributed by atoms with Crippen LogP contribution in [0.25, 0.3) is 22.4 Å². The number of carbonyl (C=O) groups excluding carboxylic acids is 1. The Balaban J connectivity index is 1.74. The van der Waals surface area contributed by atoms with Crippen LogP contribution in [0.4, 0.5) is 0 Å². The second-order valence-electron chi connectivity index (χ2n) is 7.19. The molecule has 2 heterocycles. The van der Waals surface area contributed by atoms with Crippen molar-refractivity contribution in [2.24, 2.45) is 0 Å². The van der Waals surface area contributed by atoms with Crippen LogP contribution in [0.2, 0.25) is 0 Å². The second-order valence-corrected chi connectivity index (χ2v) is 8.20. The number of ether oxygens (including phenoxy) is 5. The molecule has 0 aliphatic rings. The van der Waals surface area contributed by atoms with E-state index in [0.29, 0.717) is 61.8 Å². The number of rotatable bonds is 8. The van der Waals surface area contributed by atoms with Crippen molar-refractivity contribution < 1.29 is 28.5 Å². The molecule has 2 aromatic carbocycles. The van der Waals surface area contributed by atoms with Crippen LogP contribution in [0.3, 0.4) is 0 Å². The zero-order chi connectivity index (χ0) is 25.1. The molecule has 0 aliphatic heterocycles. The predicted octanol–water partition coefficient (Wildman–Crippen LogP) is 2.72. The van der Waals surface area contributed by atoms with Gasteiger partial charge in [0.1, 0.15) is 0 Å². The topological polar surface area (TPSA) is 110 Å². The van der Waals surface area contributed by atoms with Crippen LogP contribution < -0.4 is 33.8 Å². The van der Waals surface area contributed by atoms with E-state index in [4.69, 9.17) is 23.7 Å². The minimum absolute atomic E-state index is 0.307. The molecule has 182 valence electrons. The second kappa shape index (κ2) is 10.0. The molecule has 0 saturated heterocycles. The molecule has 0 amide bonds. The molecule has 11 heteroatoms. The van der Waals surface area contributed by atoms with Crippen LogP contribution in [0.15, 0.2) is 35.1 Å². The summed E-state index contributed by atoms with van der Waals surface area (Å²) in [4.78, 5) is 29.3. The number of thiazole rings is 1. The molecule has 10 nitrogen and oxygen atoms in total. The number of esters is 1. The minimum atomic E-state index is -0.446. The molecule has 0 aliphatic carbocycles. The number of carbonyl (C=O) groups is 1. The molecular weight excluding hydrogens is 474 g/mol. The van der Waals surface area contributed by atoms with Gasteiger partial charge in [-0.2, -0.15) is 9.50 Å².